The van der Waals surface area contributed by atoms with Crippen molar-refractivity contribution in [2.75, 3.05) is 33.3 Å². The highest BCUT2D eigenvalue weighted by Gasteiger charge is 2.21. The van der Waals surface area contributed by atoms with Crippen LogP contribution in [0.3, 0.4) is 0 Å². The summed E-state index contributed by atoms with van der Waals surface area (Å²) in [5.74, 6) is 1.14. The summed E-state index contributed by atoms with van der Waals surface area (Å²) in [5.41, 5.74) is 0.987. The van der Waals surface area contributed by atoms with E-state index in [1.165, 1.54) is 0 Å². The molecule has 1 aromatic carbocycles. The molecule has 1 saturated heterocycles. The van der Waals surface area contributed by atoms with E-state index in [9.17, 15) is 9.59 Å². The van der Waals surface area contributed by atoms with Crippen LogP contribution in [0, 0.1) is 0 Å². The molecule has 0 aliphatic carbocycles. The molecule has 1 aliphatic heterocycles. The molecule has 0 N–H and O–H groups in total. The molecule has 1 aliphatic rings. The Morgan fingerprint density at radius 1 is 1.00 bits per heavy atom. The number of carbonyl (C=O) groups is 2. The molecular weight excluding hydrogens is 304 g/mol. The highest BCUT2D eigenvalue weighted by molar-refractivity contribution is 5.79. The Balaban J connectivity index is 1.85. The molecule has 24 heavy (non-hydrogen) atoms. The minimum Gasteiger partial charge on any atom is -0.497 e. The van der Waals surface area contributed by atoms with Crippen LogP contribution in [-0.2, 0) is 16.0 Å². The molecule has 132 valence electrons. The summed E-state index contributed by atoms with van der Waals surface area (Å²) in [4.78, 5) is 28.5. The smallest absolute Gasteiger partial charge is 0.227 e. The summed E-state index contributed by atoms with van der Waals surface area (Å²) in [5, 5.41) is 0. The van der Waals surface area contributed by atoms with Crippen molar-refractivity contribution in [2.45, 2.75) is 39.0 Å². The first-order chi connectivity index (χ1) is 11.6. The molecule has 0 aromatic heterocycles. The zero-order valence-electron chi connectivity index (χ0n) is 14.8. The molecule has 0 saturated carbocycles. The normalized spacial score (nSPS) is 15.1. The van der Waals surface area contributed by atoms with Crippen LogP contribution >= 0.6 is 0 Å². The van der Waals surface area contributed by atoms with Gasteiger partial charge in [0.15, 0.2) is 0 Å². The van der Waals surface area contributed by atoms with Gasteiger partial charge in [0.25, 0.3) is 0 Å². The van der Waals surface area contributed by atoms with Crippen molar-refractivity contribution in [3.8, 4) is 5.75 Å². The number of hydrogen-bond acceptors (Lipinski definition) is 3. The third-order valence-electron chi connectivity index (χ3n) is 4.46. The van der Waals surface area contributed by atoms with E-state index in [0.29, 0.717) is 25.9 Å². The number of unbranched alkanes of at least 4 members (excludes halogenated alkanes) is 1. The summed E-state index contributed by atoms with van der Waals surface area (Å²) in [7, 11) is 1.63. The SMILES string of the molecule is CCCCC(=O)N1CCCN(C(=O)Cc2ccc(OC)cc2)CC1. The van der Waals surface area contributed by atoms with Crippen LogP contribution in [0.5, 0.6) is 5.75 Å². The van der Waals surface area contributed by atoms with Gasteiger partial charge in [-0.1, -0.05) is 25.5 Å². The summed E-state index contributed by atoms with van der Waals surface area (Å²) < 4.78 is 5.14. The standard InChI is InChI=1S/C19H28N2O3/c1-3-4-6-18(22)20-11-5-12-21(14-13-20)19(23)15-16-7-9-17(24-2)10-8-16/h7-10H,3-6,11-15H2,1-2H3. The maximum atomic E-state index is 12.5. The molecule has 2 amide bonds. The minimum atomic E-state index is 0.128. The minimum absolute atomic E-state index is 0.128. The Morgan fingerprint density at radius 2 is 1.62 bits per heavy atom. The Labute approximate surface area is 144 Å². The molecule has 0 spiro atoms. The van der Waals surface area contributed by atoms with Gasteiger partial charge in [0.1, 0.15) is 5.75 Å². The number of benzene rings is 1. The first-order valence-electron chi connectivity index (χ1n) is 8.82. The van der Waals surface area contributed by atoms with Crippen LogP contribution in [0.25, 0.3) is 0 Å². The molecule has 0 atom stereocenters. The zero-order valence-corrected chi connectivity index (χ0v) is 14.8. The lowest BCUT2D eigenvalue weighted by atomic mass is 10.1. The number of amides is 2. The van der Waals surface area contributed by atoms with Crippen LogP contribution in [0.15, 0.2) is 24.3 Å². The molecule has 1 heterocycles. The Kier molecular flexibility index (Phi) is 7.09. The molecule has 5 heteroatoms. The van der Waals surface area contributed by atoms with E-state index >= 15 is 0 Å². The number of hydrogen-bond donors (Lipinski definition) is 0. The second-order valence-corrected chi connectivity index (χ2v) is 6.24. The predicted molar refractivity (Wildman–Crippen MR) is 94.0 cm³/mol. The Hall–Kier alpha value is -2.04. The van der Waals surface area contributed by atoms with E-state index in [4.69, 9.17) is 4.74 Å². The van der Waals surface area contributed by atoms with E-state index in [-0.39, 0.29) is 11.8 Å². The van der Waals surface area contributed by atoms with Gasteiger partial charge in [0.2, 0.25) is 11.8 Å². The molecule has 0 unspecified atom stereocenters. The second kappa shape index (κ2) is 9.30. The Morgan fingerprint density at radius 3 is 2.21 bits per heavy atom. The monoisotopic (exact) mass is 332 g/mol. The number of rotatable bonds is 6. The van der Waals surface area contributed by atoms with E-state index in [1.807, 2.05) is 34.1 Å². The molecular formula is C19H28N2O3. The highest BCUT2D eigenvalue weighted by Crippen LogP contribution is 2.13. The van der Waals surface area contributed by atoms with Gasteiger partial charge >= 0.3 is 0 Å². The topological polar surface area (TPSA) is 49.9 Å². The van der Waals surface area contributed by atoms with Gasteiger partial charge in [-0.2, -0.15) is 0 Å². The van der Waals surface area contributed by atoms with Crippen LogP contribution in [0.1, 0.15) is 38.2 Å². The van der Waals surface area contributed by atoms with Gasteiger partial charge in [-0.05, 0) is 30.5 Å². The van der Waals surface area contributed by atoms with Crippen LogP contribution < -0.4 is 4.74 Å². The first kappa shape index (κ1) is 18.3. The summed E-state index contributed by atoms with van der Waals surface area (Å²) in [6, 6.07) is 7.60. The van der Waals surface area contributed by atoms with Gasteiger partial charge < -0.3 is 14.5 Å². The lowest BCUT2D eigenvalue weighted by Crippen LogP contribution is -2.37. The second-order valence-electron chi connectivity index (χ2n) is 6.24. The number of carbonyl (C=O) groups excluding carboxylic acids is 2. The summed E-state index contributed by atoms with van der Waals surface area (Å²) >= 11 is 0. The van der Waals surface area contributed by atoms with E-state index in [2.05, 4.69) is 6.92 Å². The average Bonchev–Trinajstić information content (AvgIpc) is 2.86. The molecule has 2 rings (SSSR count). The average molecular weight is 332 g/mol. The zero-order chi connectivity index (χ0) is 17.4. The molecule has 1 aromatic rings. The number of nitrogens with zero attached hydrogens (tertiary/aromatic N) is 2. The van der Waals surface area contributed by atoms with Gasteiger partial charge in [0, 0.05) is 32.6 Å². The maximum absolute atomic E-state index is 12.5. The van der Waals surface area contributed by atoms with Crippen LogP contribution in [0.4, 0.5) is 0 Å². The number of methoxy groups -OCH3 is 1. The molecule has 0 bridgehead atoms. The largest absolute Gasteiger partial charge is 0.497 e. The van der Waals surface area contributed by atoms with Gasteiger partial charge in [-0.15, -0.1) is 0 Å². The fourth-order valence-corrected chi connectivity index (χ4v) is 2.93. The van der Waals surface area contributed by atoms with Crippen molar-refractivity contribution >= 4 is 11.8 Å². The number of ether oxygens (including phenoxy) is 1. The van der Waals surface area contributed by atoms with E-state index in [0.717, 1.165) is 43.7 Å². The predicted octanol–water partition coefficient (Wildman–Crippen LogP) is 2.49. The lowest BCUT2D eigenvalue weighted by molar-refractivity contribution is -0.133. The summed E-state index contributed by atoms with van der Waals surface area (Å²) in [6.45, 7) is 4.86. The fraction of sp³-hybridized carbons (Fsp3) is 0.579. The molecule has 0 radical (unpaired) electrons. The van der Waals surface area contributed by atoms with Crippen molar-refractivity contribution < 1.29 is 14.3 Å². The third-order valence-corrected chi connectivity index (χ3v) is 4.46. The van der Waals surface area contributed by atoms with Crippen molar-refractivity contribution in [3.05, 3.63) is 29.8 Å². The quantitative estimate of drug-likeness (QED) is 0.804. The van der Waals surface area contributed by atoms with Crippen molar-refractivity contribution in [2.24, 2.45) is 0 Å². The highest BCUT2D eigenvalue weighted by atomic mass is 16.5. The first-order valence-corrected chi connectivity index (χ1v) is 8.82. The lowest BCUT2D eigenvalue weighted by Gasteiger charge is -2.22. The van der Waals surface area contributed by atoms with Gasteiger partial charge in [-0.3, -0.25) is 9.59 Å². The summed E-state index contributed by atoms with van der Waals surface area (Å²) in [6.07, 6.45) is 3.85. The van der Waals surface area contributed by atoms with E-state index in [1.54, 1.807) is 7.11 Å². The van der Waals surface area contributed by atoms with Crippen molar-refractivity contribution in [1.29, 1.82) is 0 Å². The third kappa shape index (κ3) is 5.25. The fourth-order valence-electron chi connectivity index (χ4n) is 2.93. The van der Waals surface area contributed by atoms with Crippen molar-refractivity contribution in [1.82, 2.24) is 9.80 Å². The maximum Gasteiger partial charge on any atom is 0.227 e. The van der Waals surface area contributed by atoms with Crippen LogP contribution in [0.2, 0.25) is 0 Å². The van der Waals surface area contributed by atoms with Crippen molar-refractivity contribution in [3.63, 3.8) is 0 Å². The van der Waals surface area contributed by atoms with E-state index < -0.39 is 0 Å². The van der Waals surface area contributed by atoms with Gasteiger partial charge in [0.05, 0.1) is 13.5 Å². The molecule has 5 nitrogen and oxygen atoms in total. The van der Waals surface area contributed by atoms with Crippen LogP contribution in [-0.4, -0.2) is 54.9 Å². The van der Waals surface area contributed by atoms with Gasteiger partial charge in [-0.25, -0.2) is 0 Å². The molecule has 1 fully saturated rings. The Bertz CT molecular complexity index is 542.